The number of carbonyl (C=O) groups is 1. The number of rotatable bonds is 2. The molecule has 1 aromatic rings. The molecule has 0 spiro atoms. The Morgan fingerprint density at radius 3 is 3.25 bits per heavy atom. The van der Waals surface area contributed by atoms with Crippen LogP contribution in [0.1, 0.15) is 23.2 Å². The van der Waals surface area contributed by atoms with E-state index >= 15 is 0 Å². The molecule has 0 saturated carbocycles. The van der Waals surface area contributed by atoms with Gasteiger partial charge >= 0.3 is 0 Å². The second-order valence-corrected chi connectivity index (χ2v) is 5.40. The van der Waals surface area contributed by atoms with Crippen molar-refractivity contribution in [2.24, 2.45) is 5.92 Å². The fourth-order valence-corrected chi connectivity index (χ4v) is 2.91. The number of anilines is 1. The third-order valence-corrected chi connectivity index (χ3v) is 3.97. The lowest BCUT2D eigenvalue weighted by atomic mass is 9.98. The van der Waals surface area contributed by atoms with E-state index in [9.17, 15) is 9.90 Å². The molecular formula is C15H20N2O3. The van der Waals surface area contributed by atoms with Gasteiger partial charge in [-0.25, -0.2) is 0 Å². The number of nitrogens with one attached hydrogen (secondary N) is 1. The minimum Gasteiger partial charge on any atom is -0.489 e. The van der Waals surface area contributed by atoms with Crippen molar-refractivity contribution in [3.63, 3.8) is 0 Å². The summed E-state index contributed by atoms with van der Waals surface area (Å²) in [5.41, 5.74) is 1.51. The summed E-state index contributed by atoms with van der Waals surface area (Å²) in [5.74, 6) is 0.866. The molecule has 1 fully saturated rings. The number of benzene rings is 1. The van der Waals surface area contributed by atoms with Gasteiger partial charge in [-0.2, -0.15) is 0 Å². The monoisotopic (exact) mass is 276 g/mol. The van der Waals surface area contributed by atoms with Gasteiger partial charge < -0.3 is 20.1 Å². The summed E-state index contributed by atoms with van der Waals surface area (Å²) in [7, 11) is 0. The predicted molar refractivity (Wildman–Crippen MR) is 76.1 cm³/mol. The number of aliphatic hydroxyl groups excluding tert-OH is 1. The number of aliphatic hydroxyl groups is 1. The Hall–Kier alpha value is -1.75. The molecule has 0 bridgehead atoms. The SMILES string of the molecule is O=C(c1cccc2c1OCCN2)N1CCCC(CO)C1. The minimum atomic E-state index is 0.00343. The topological polar surface area (TPSA) is 61.8 Å². The lowest BCUT2D eigenvalue weighted by Gasteiger charge is -2.32. The molecule has 1 amide bonds. The average molecular weight is 276 g/mol. The number of carbonyl (C=O) groups excluding carboxylic acids is 1. The summed E-state index contributed by atoms with van der Waals surface area (Å²) in [4.78, 5) is 14.5. The summed E-state index contributed by atoms with van der Waals surface area (Å²) >= 11 is 0. The fourth-order valence-electron chi connectivity index (χ4n) is 2.91. The van der Waals surface area contributed by atoms with Crippen LogP contribution in [0.4, 0.5) is 5.69 Å². The van der Waals surface area contributed by atoms with E-state index in [1.165, 1.54) is 0 Å². The lowest BCUT2D eigenvalue weighted by Crippen LogP contribution is -2.41. The summed E-state index contributed by atoms with van der Waals surface area (Å²) < 4.78 is 5.66. The van der Waals surface area contributed by atoms with Gasteiger partial charge in [0.1, 0.15) is 6.61 Å². The highest BCUT2D eigenvalue weighted by molar-refractivity contribution is 5.99. The van der Waals surface area contributed by atoms with Crippen molar-refractivity contribution >= 4 is 11.6 Å². The first-order valence-electron chi connectivity index (χ1n) is 7.19. The standard InChI is InChI=1S/C15H20N2O3/c18-10-11-3-2-7-17(9-11)15(19)12-4-1-5-13-14(12)20-8-6-16-13/h1,4-5,11,16,18H,2-3,6-10H2. The number of hydrogen-bond donors (Lipinski definition) is 2. The Bertz CT molecular complexity index is 504. The van der Waals surface area contributed by atoms with Gasteiger partial charge in [-0.15, -0.1) is 0 Å². The third-order valence-electron chi connectivity index (χ3n) is 3.97. The fraction of sp³-hybridized carbons (Fsp3) is 0.533. The van der Waals surface area contributed by atoms with E-state index in [-0.39, 0.29) is 18.4 Å². The van der Waals surface area contributed by atoms with Crippen LogP contribution in [0.2, 0.25) is 0 Å². The van der Waals surface area contributed by atoms with Gasteiger partial charge in [0.05, 0.1) is 11.3 Å². The predicted octanol–water partition coefficient (Wildman–Crippen LogP) is 1.34. The molecule has 1 saturated heterocycles. The van der Waals surface area contributed by atoms with Gasteiger partial charge in [-0.05, 0) is 30.9 Å². The number of hydrogen-bond acceptors (Lipinski definition) is 4. The second-order valence-electron chi connectivity index (χ2n) is 5.40. The zero-order valence-corrected chi connectivity index (χ0v) is 11.5. The molecule has 20 heavy (non-hydrogen) atoms. The van der Waals surface area contributed by atoms with Crippen LogP contribution in [-0.4, -0.2) is 48.8 Å². The molecule has 0 aromatic heterocycles. The Morgan fingerprint density at radius 1 is 1.50 bits per heavy atom. The molecule has 1 atom stereocenters. The number of amides is 1. The zero-order chi connectivity index (χ0) is 13.9. The van der Waals surface area contributed by atoms with Crippen molar-refractivity contribution in [3.05, 3.63) is 23.8 Å². The molecule has 3 rings (SSSR count). The van der Waals surface area contributed by atoms with Crippen molar-refractivity contribution in [2.45, 2.75) is 12.8 Å². The zero-order valence-electron chi connectivity index (χ0n) is 11.5. The van der Waals surface area contributed by atoms with Gasteiger partial charge in [0.15, 0.2) is 5.75 Å². The van der Waals surface area contributed by atoms with E-state index in [2.05, 4.69) is 5.32 Å². The summed E-state index contributed by atoms with van der Waals surface area (Å²) in [6, 6.07) is 5.62. The molecule has 1 aromatic carbocycles. The van der Waals surface area contributed by atoms with E-state index in [0.717, 1.165) is 31.6 Å². The molecule has 2 N–H and O–H groups in total. The molecule has 5 nitrogen and oxygen atoms in total. The molecule has 2 aliphatic heterocycles. The first-order valence-corrected chi connectivity index (χ1v) is 7.19. The van der Waals surface area contributed by atoms with Gasteiger partial charge in [0, 0.05) is 26.2 Å². The van der Waals surface area contributed by atoms with Crippen molar-refractivity contribution in [3.8, 4) is 5.75 Å². The highest BCUT2D eigenvalue weighted by Gasteiger charge is 2.27. The molecule has 0 aliphatic carbocycles. The van der Waals surface area contributed by atoms with E-state index in [0.29, 0.717) is 24.5 Å². The van der Waals surface area contributed by atoms with Crippen LogP contribution in [0.3, 0.4) is 0 Å². The average Bonchev–Trinajstić information content (AvgIpc) is 2.53. The van der Waals surface area contributed by atoms with Gasteiger partial charge in [0.25, 0.3) is 5.91 Å². The Morgan fingerprint density at radius 2 is 2.40 bits per heavy atom. The molecular weight excluding hydrogens is 256 g/mol. The number of ether oxygens (including phenoxy) is 1. The normalized spacial score (nSPS) is 21.6. The molecule has 2 heterocycles. The second kappa shape index (κ2) is 5.71. The maximum absolute atomic E-state index is 12.7. The van der Waals surface area contributed by atoms with Gasteiger partial charge in [0.2, 0.25) is 0 Å². The van der Waals surface area contributed by atoms with Crippen LogP contribution in [-0.2, 0) is 0 Å². The van der Waals surface area contributed by atoms with E-state index in [1.54, 1.807) is 0 Å². The third kappa shape index (κ3) is 2.45. The van der Waals surface area contributed by atoms with E-state index < -0.39 is 0 Å². The van der Waals surface area contributed by atoms with Gasteiger partial charge in [-0.3, -0.25) is 4.79 Å². The first-order chi connectivity index (χ1) is 9.79. The van der Waals surface area contributed by atoms with E-state index in [1.807, 2.05) is 23.1 Å². The number of nitrogens with zero attached hydrogens (tertiary/aromatic N) is 1. The van der Waals surface area contributed by atoms with Gasteiger partial charge in [-0.1, -0.05) is 6.07 Å². The molecule has 108 valence electrons. The molecule has 5 heteroatoms. The van der Waals surface area contributed by atoms with E-state index in [4.69, 9.17) is 4.74 Å². The van der Waals surface area contributed by atoms with Crippen LogP contribution in [0.15, 0.2) is 18.2 Å². The minimum absolute atomic E-state index is 0.00343. The Balaban J connectivity index is 1.83. The largest absolute Gasteiger partial charge is 0.489 e. The van der Waals surface area contributed by atoms with Crippen LogP contribution < -0.4 is 10.1 Å². The summed E-state index contributed by atoms with van der Waals surface area (Å²) in [6.45, 7) is 2.88. The number of fused-ring (bicyclic) bond motifs is 1. The van der Waals surface area contributed by atoms with Crippen molar-refractivity contribution in [1.29, 1.82) is 0 Å². The molecule has 1 unspecified atom stereocenters. The quantitative estimate of drug-likeness (QED) is 0.855. The number of likely N-dealkylation sites (tertiary alicyclic amines) is 1. The van der Waals surface area contributed by atoms with Crippen molar-refractivity contribution in [1.82, 2.24) is 4.90 Å². The maximum atomic E-state index is 12.7. The smallest absolute Gasteiger partial charge is 0.257 e. The maximum Gasteiger partial charge on any atom is 0.257 e. The summed E-state index contributed by atoms with van der Waals surface area (Å²) in [6.07, 6.45) is 1.94. The van der Waals surface area contributed by atoms with Crippen LogP contribution in [0.25, 0.3) is 0 Å². The van der Waals surface area contributed by atoms with Crippen molar-refractivity contribution in [2.75, 3.05) is 38.2 Å². The highest BCUT2D eigenvalue weighted by Crippen LogP contribution is 2.32. The van der Waals surface area contributed by atoms with Crippen LogP contribution in [0, 0.1) is 5.92 Å². The number of piperidine rings is 1. The summed E-state index contributed by atoms with van der Waals surface area (Å²) in [5, 5.41) is 12.5. The highest BCUT2D eigenvalue weighted by atomic mass is 16.5. The Labute approximate surface area is 118 Å². The molecule has 0 radical (unpaired) electrons. The number of para-hydroxylation sites is 1. The first kappa shape index (κ1) is 13.2. The lowest BCUT2D eigenvalue weighted by molar-refractivity contribution is 0.0616. The van der Waals surface area contributed by atoms with Crippen LogP contribution >= 0.6 is 0 Å². The van der Waals surface area contributed by atoms with Crippen LogP contribution in [0.5, 0.6) is 5.75 Å². The Kier molecular flexibility index (Phi) is 3.78. The van der Waals surface area contributed by atoms with Crippen molar-refractivity contribution < 1.29 is 14.6 Å². The molecule has 2 aliphatic rings.